The molecule has 0 saturated heterocycles. The van der Waals surface area contributed by atoms with Crippen LogP contribution in [0.25, 0.3) is 0 Å². The van der Waals surface area contributed by atoms with Crippen LogP contribution in [-0.2, 0) is 11.2 Å². The van der Waals surface area contributed by atoms with Gasteiger partial charge in [0.15, 0.2) is 0 Å². The topological polar surface area (TPSA) is 47.6 Å². The van der Waals surface area contributed by atoms with Crippen LogP contribution in [0.3, 0.4) is 0 Å². The minimum atomic E-state index is -0.130. The van der Waals surface area contributed by atoms with Gasteiger partial charge in [-0.3, -0.25) is 4.79 Å². The summed E-state index contributed by atoms with van der Waals surface area (Å²) in [5, 5.41) is 5.09. The van der Waals surface area contributed by atoms with Crippen LogP contribution < -0.4 is 14.8 Å². The lowest BCUT2D eigenvalue weighted by atomic mass is 10.1. The molecule has 0 spiro atoms. The summed E-state index contributed by atoms with van der Waals surface area (Å²) in [7, 11) is 3.25. The van der Waals surface area contributed by atoms with E-state index >= 15 is 0 Å². The molecule has 1 aromatic carbocycles. The number of benzene rings is 1. The highest BCUT2D eigenvalue weighted by Crippen LogP contribution is 2.29. The monoisotopic (exact) mass is 333 g/mol. The second-order valence-electron chi connectivity index (χ2n) is 5.33. The van der Waals surface area contributed by atoms with Gasteiger partial charge >= 0.3 is 0 Å². The maximum Gasteiger partial charge on any atom is 0.220 e. The summed E-state index contributed by atoms with van der Waals surface area (Å²) < 4.78 is 10.6. The second kappa shape index (κ2) is 8.58. The van der Waals surface area contributed by atoms with Gasteiger partial charge in [-0.1, -0.05) is 6.07 Å². The minimum Gasteiger partial charge on any atom is -0.497 e. The van der Waals surface area contributed by atoms with E-state index in [1.165, 1.54) is 4.88 Å². The molecule has 1 unspecified atom stereocenters. The number of hydrogen-bond acceptors (Lipinski definition) is 4. The van der Waals surface area contributed by atoms with Gasteiger partial charge in [-0.15, -0.1) is 11.3 Å². The third kappa shape index (κ3) is 4.99. The number of carbonyl (C=O) groups excluding carboxylic acids is 1. The van der Waals surface area contributed by atoms with Crippen LogP contribution in [0.15, 0.2) is 35.7 Å². The summed E-state index contributed by atoms with van der Waals surface area (Å²) in [5.41, 5.74) is 0.915. The molecule has 2 rings (SSSR count). The highest BCUT2D eigenvalue weighted by molar-refractivity contribution is 7.09. The molecule has 0 saturated carbocycles. The zero-order chi connectivity index (χ0) is 16.7. The number of hydrogen-bond donors (Lipinski definition) is 1. The number of methoxy groups -OCH3 is 2. The predicted molar refractivity (Wildman–Crippen MR) is 93.4 cm³/mol. The lowest BCUT2D eigenvalue weighted by Crippen LogP contribution is -2.26. The van der Waals surface area contributed by atoms with E-state index < -0.39 is 0 Å². The van der Waals surface area contributed by atoms with Crippen molar-refractivity contribution in [2.75, 3.05) is 14.2 Å². The third-order valence-electron chi connectivity index (χ3n) is 3.69. The highest BCUT2D eigenvalue weighted by atomic mass is 32.1. The quantitative estimate of drug-likeness (QED) is 0.795. The zero-order valence-electron chi connectivity index (χ0n) is 13.8. The molecule has 1 heterocycles. The van der Waals surface area contributed by atoms with Gasteiger partial charge in [-0.2, -0.15) is 0 Å². The number of carbonyl (C=O) groups is 1. The number of thiophene rings is 1. The molecule has 0 aliphatic carbocycles. The normalized spacial score (nSPS) is 11.8. The first-order valence-corrected chi connectivity index (χ1v) is 8.55. The fraction of sp³-hybridized carbons (Fsp3) is 0.389. The van der Waals surface area contributed by atoms with Gasteiger partial charge in [-0.25, -0.2) is 0 Å². The van der Waals surface area contributed by atoms with E-state index in [0.29, 0.717) is 6.42 Å². The Balaban J connectivity index is 1.90. The van der Waals surface area contributed by atoms with Crippen molar-refractivity contribution in [1.29, 1.82) is 0 Å². The standard InChI is InChI=1S/C18H23NO3S/c1-13(16-12-14(21-2)9-10-17(16)22-3)19-18(20)8-4-6-15-7-5-11-23-15/h5,7,9-13H,4,6,8H2,1-3H3,(H,19,20). The largest absolute Gasteiger partial charge is 0.497 e. The van der Waals surface area contributed by atoms with Crippen LogP contribution in [0.2, 0.25) is 0 Å². The van der Waals surface area contributed by atoms with Crippen molar-refractivity contribution >= 4 is 17.2 Å². The molecule has 0 aliphatic heterocycles. The van der Waals surface area contributed by atoms with Crippen molar-refractivity contribution in [2.45, 2.75) is 32.2 Å². The second-order valence-corrected chi connectivity index (χ2v) is 6.36. The van der Waals surface area contributed by atoms with Crippen molar-refractivity contribution in [1.82, 2.24) is 5.32 Å². The molecule has 0 radical (unpaired) electrons. The van der Waals surface area contributed by atoms with E-state index in [0.717, 1.165) is 29.9 Å². The third-order valence-corrected chi connectivity index (χ3v) is 4.62. The molecular formula is C18H23NO3S. The van der Waals surface area contributed by atoms with Gasteiger partial charge in [0, 0.05) is 16.9 Å². The molecule has 1 atom stereocenters. The molecular weight excluding hydrogens is 310 g/mol. The lowest BCUT2D eigenvalue weighted by Gasteiger charge is -2.18. The van der Waals surface area contributed by atoms with Crippen LogP contribution in [0, 0.1) is 0 Å². The minimum absolute atomic E-state index is 0.0546. The Hall–Kier alpha value is -2.01. The molecule has 5 heteroatoms. The average molecular weight is 333 g/mol. The van der Waals surface area contributed by atoms with Crippen molar-refractivity contribution < 1.29 is 14.3 Å². The first-order chi connectivity index (χ1) is 11.1. The van der Waals surface area contributed by atoms with Crippen LogP contribution in [0.1, 0.15) is 36.2 Å². The van der Waals surface area contributed by atoms with Crippen LogP contribution >= 0.6 is 11.3 Å². The Labute approximate surface area is 141 Å². The van der Waals surface area contributed by atoms with Gasteiger partial charge < -0.3 is 14.8 Å². The van der Waals surface area contributed by atoms with E-state index in [4.69, 9.17) is 9.47 Å². The molecule has 23 heavy (non-hydrogen) atoms. The van der Waals surface area contributed by atoms with Crippen molar-refractivity contribution in [3.63, 3.8) is 0 Å². The Kier molecular flexibility index (Phi) is 6.47. The van der Waals surface area contributed by atoms with E-state index in [1.807, 2.05) is 31.2 Å². The summed E-state index contributed by atoms with van der Waals surface area (Å²) in [4.78, 5) is 13.4. The zero-order valence-corrected chi connectivity index (χ0v) is 14.6. The van der Waals surface area contributed by atoms with Gasteiger partial charge in [0.05, 0.1) is 20.3 Å². The Morgan fingerprint density at radius 3 is 2.74 bits per heavy atom. The Morgan fingerprint density at radius 2 is 2.09 bits per heavy atom. The van der Waals surface area contributed by atoms with Gasteiger partial charge in [0.25, 0.3) is 0 Å². The molecule has 1 amide bonds. The maximum atomic E-state index is 12.1. The van der Waals surface area contributed by atoms with E-state index in [9.17, 15) is 4.79 Å². The molecule has 2 aromatic rings. The predicted octanol–water partition coefficient (Wildman–Crippen LogP) is 3.97. The molecule has 1 N–H and O–H groups in total. The van der Waals surface area contributed by atoms with Gasteiger partial charge in [0.2, 0.25) is 5.91 Å². The lowest BCUT2D eigenvalue weighted by molar-refractivity contribution is -0.121. The van der Waals surface area contributed by atoms with E-state index in [-0.39, 0.29) is 11.9 Å². The summed E-state index contributed by atoms with van der Waals surface area (Å²) in [6.45, 7) is 1.95. The molecule has 4 nitrogen and oxygen atoms in total. The number of ether oxygens (including phenoxy) is 2. The van der Waals surface area contributed by atoms with Crippen LogP contribution in [-0.4, -0.2) is 20.1 Å². The summed E-state index contributed by atoms with van der Waals surface area (Å²) in [5.74, 6) is 1.55. The van der Waals surface area contributed by atoms with Gasteiger partial charge in [0.1, 0.15) is 11.5 Å². The summed E-state index contributed by atoms with van der Waals surface area (Å²) in [6.07, 6.45) is 2.32. The fourth-order valence-corrected chi connectivity index (χ4v) is 3.20. The first-order valence-electron chi connectivity index (χ1n) is 7.67. The SMILES string of the molecule is COc1ccc(OC)c(C(C)NC(=O)CCCc2cccs2)c1. The van der Waals surface area contributed by atoms with E-state index in [2.05, 4.69) is 16.8 Å². The van der Waals surface area contributed by atoms with Crippen LogP contribution in [0.4, 0.5) is 0 Å². The average Bonchev–Trinajstić information content (AvgIpc) is 3.07. The maximum absolute atomic E-state index is 12.1. The molecule has 0 fully saturated rings. The molecule has 0 bridgehead atoms. The van der Waals surface area contributed by atoms with Gasteiger partial charge in [-0.05, 0) is 49.4 Å². The Bertz CT molecular complexity index is 625. The number of nitrogens with one attached hydrogen (secondary N) is 1. The Morgan fingerprint density at radius 1 is 1.26 bits per heavy atom. The smallest absolute Gasteiger partial charge is 0.220 e. The van der Waals surface area contributed by atoms with Crippen molar-refractivity contribution in [3.8, 4) is 11.5 Å². The molecule has 1 aromatic heterocycles. The molecule has 124 valence electrons. The first kappa shape index (κ1) is 17.3. The highest BCUT2D eigenvalue weighted by Gasteiger charge is 2.15. The summed E-state index contributed by atoms with van der Waals surface area (Å²) >= 11 is 1.73. The number of rotatable bonds is 8. The fourth-order valence-electron chi connectivity index (χ4n) is 2.45. The van der Waals surface area contributed by atoms with Crippen LogP contribution in [0.5, 0.6) is 11.5 Å². The molecule has 0 aliphatic rings. The summed E-state index contributed by atoms with van der Waals surface area (Å²) in [6, 6.07) is 9.61. The number of aryl methyl sites for hydroxylation is 1. The van der Waals surface area contributed by atoms with E-state index in [1.54, 1.807) is 25.6 Å². The number of amides is 1. The van der Waals surface area contributed by atoms with Crippen molar-refractivity contribution in [3.05, 3.63) is 46.2 Å². The van der Waals surface area contributed by atoms with Crippen molar-refractivity contribution in [2.24, 2.45) is 0 Å².